The van der Waals surface area contributed by atoms with Crippen molar-refractivity contribution in [3.63, 3.8) is 0 Å². The van der Waals surface area contributed by atoms with E-state index < -0.39 is 33.7 Å². The number of rotatable bonds is 4. The van der Waals surface area contributed by atoms with Crippen molar-refractivity contribution in [2.24, 2.45) is 4.99 Å². The van der Waals surface area contributed by atoms with Crippen molar-refractivity contribution in [3.8, 4) is 0 Å². The molecule has 0 saturated carbocycles. The fraction of sp³-hybridized carbons (Fsp3) is 0.300. The number of halogens is 5. The van der Waals surface area contributed by atoms with E-state index in [4.69, 9.17) is 23.2 Å². The lowest BCUT2D eigenvalue weighted by Gasteiger charge is -2.28. The molecule has 33 heavy (non-hydrogen) atoms. The van der Waals surface area contributed by atoms with Crippen LogP contribution in [-0.4, -0.2) is 48.8 Å². The highest BCUT2D eigenvalue weighted by Crippen LogP contribution is 2.41. The van der Waals surface area contributed by atoms with E-state index in [1.165, 1.54) is 4.90 Å². The van der Waals surface area contributed by atoms with Gasteiger partial charge in [0.25, 0.3) is 0 Å². The van der Waals surface area contributed by atoms with E-state index >= 15 is 0 Å². The molecule has 2 aromatic rings. The molecule has 1 N–H and O–H groups in total. The molecular weight excluding hydrogens is 522 g/mol. The topological polar surface area (TPSA) is 78.8 Å². The number of hydrogen-bond donors (Lipinski definition) is 1. The van der Waals surface area contributed by atoms with Gasteiger partial charge in [-0.3, -0.25) is 9.79 Å². The minimum Gasteiger partial charge on any atom is -0.325 e. The van der Waals surface area contributed by atoms with Crippen molar-refractivity contribution in [1.82, 2.24) is 0 Å². The number of nitrogens with zero attached hydrogens (tertiary/aromatic N) is 2. The zero-order chi connectivity index (χ0) is 24.0. The van der Waals surface area contributed by atoms with Gasteiger partial charge in [-0.2, -0.15) is 13.2 Å². The van der Waals surface area contributed by atoms with Gasteiger partial charge in [0, 0.05) is 10.7 Å². The number of hydrogen-bond acceptors (Lipinski definition) is 6. The maximum atomic E-state index is 13.3. The first-order valence-corrected chi connectivity index (χ1v) is 13.1. The van der Waals surface area contributed by atoms with Gasteiger partial charge < -0.3 is 10.2 Å². The third-order valence-electron chi connectivity index (χ3n) is 5.08. The first-order chi connectivity index (χ1) is 15.4. The number of benzene rings is 2. The lowest BCUT2D eigenvalue weighted by atomic mass is 10.1. The van der Waals surface area contributed by atoms with E-state index in [0.717, 1.165) is 30.0 Å². The second-order valence-corrected chi connectivity index (χ2v) is 11.4. The predicted molar refractivity (Wildman–Crippen MR) is 125 cm³/mol. The van der Waals surface area contributed by atoms with Crippen LogP contribution < -0.4 is 10.2 Å². The molecule has 2 aromatic carbocycles. The van der Waals surface area contributed by atoms with Gasteiger partial charge in [-0.25, -0.2) is 8.42 Å². The SMILES string of the molecule is O=C(CSC1=NC2CS(=O)(=O)CC2N1c1cc(C(F)(F)F)ccc1Cl)Nc1cccc(Cl)c1. The van der Waals surface area contributed by atoms with Crippen LogP contribution in [0.2, 0.25) is 10.0 Å². The lowest BCUT2D eigenvalue weighted by molar-refractivity contribution is -0.137. The smallest absolute Gasteiger partial charge is 0.325 e. The number of carbonyl (C=O) groups excluding carboxylic acids is 1. The molecular formula is C20H16Cl2F3N3O3S2. The van der Waals surface area contributed by atoms with Gasteiger partial charge in [-0.15, -0.1) is 0 Å². The number of sulfone groups is 1. The van der Waals surface area contributed by atoms with Gasteiger partial charge in [0.1, 0.15) is 0 Å². The molecule has 2 unspecified atom stereocenters. The second-order valence-electron chi connectivity index (χ2n) is 7.50. The molecule has 1 amide bonds. The van der Waals surface area contributed by atoms with Crippen LogP contribution in [0.1, 0.15) is 5.56 Å². The van der Waals surface area contributed by atoms with Crippen molar-refractivity contribution in [2.45, 2.75) is 18.3 Å². The average Bonchev–Trinajstić information content (AvgIpc) is 3.17. The second kappa shape index (κ2) is 9.01. The van der Waals surface area contributed by atoms with E-state index in [9.17, 15) is 26.4 Å². The fourth-order valence-electron chi connectivity index (χ4n) is 3.68. The highest BCUT2D eigenvalue weighted by molar-refractivity contribution is 8.14. The molecule has 0 bridgehead atoms. The van der Waals surface area contributed by atoms with Crippen molar-refractivity contribution in [1.29, 1.82) is 0 Å². The van der Waals surface area contributed by atoms with E-state index in [1.54, 1.807) is 24.3 Å². The lowest BCUT2D eigenvalue weighted by Crippen LogP contribution is -2.39. The Labute approximate surface area is 202 Å². The number of alkyl halides is 3. The summed E-state index contributed by atoms with van der Waals surface area (Å²) in [6.07, 6.45) is -4.61. The van der Waals surface area contributed by atoms with Crippen molar-refractivity contribution < 1.29 is 26.4 Å². The largest absolute Gasteiger partial charge is 0.416 e. The van der Waals surface area contributed by atoms with Gasteiger partial charge in [0.05, 0.1) is 45.6 Å². The maximum absolute atomic E-state index is 13.3. The van der Waals surface area contributed by atoms with Crippen molar-refractivity contribution in [2.75, 3.05) is 27.5 Å². The highest BCUT2D eigenvalue weighted by atomic mass is 35.5. The van der Waals surface area contributed by atoms with Crippen LogP contribution in [0.5, 0.6) is 0 Å². The van der Waals surface area contributed by atoms with Crippen LogP contribution in [0.25, 0.3) is 0 Å². The van der Waals surface area contributed by atoms with Gasteiger partial charge in [-0.05, 0) is 36.4 Å². The number of amidine groups is 1. The first-order valence-electron chi connectivity index (χ1n) is 9.55. The zero-order valence-corrected chi connectivity index (χ0v) is 19.8. The summed E-state index contributed by atoms with van der Waals surface area (Å²) in [5.41, 5.74) is -0.436. The monoisotopic (exact) mass is 537 g/mol. The summed E-state index contributed by atoms with van der Waals surface area (Å²) < 4.78 is 64.2. The van der Waals surface area contributed by atoms with Gasteiger partial charge in [0.2, 0.25) is 5.91 Å². The number of carbonyl (C=O) groups is 1. The molecule has 0 aromatic heterocycles. The van der Waals surface area contributed by atoms with E-state index in [1.807, 2.05) is 0 Å². The Morgan fingerprint density at radius 1 is 1.18 bits per heavy atom. The molecule has 0 aliphatic carbocycles. The summed E-state index contributed by atoms with van der Waals surface area (Å²) >= 11 is 13.1. The molecule has 176 valence electrons. The maximum Gasteiger partial charge on any atom is 0.416 e. The van der Waals surface area contributed by atoms with Crippen molar-refractivity contribution >= 4 is 67.3 Å². The molecule has 0 radical (unpaired) electrons. The molecule has 13 heteroatoms. The number of thioether (sulfide) groups is 1. The van der Waals surface area contributed by atoms with Gasteiger partial charge >= 0.3 is 6.18 Å². The molecule has 4 rings (SSSR count). The predicted octanol–water partition coefficient (Wildman–Crippen LogP) is 4.73. The minimum absolute atomic E-state index is 0.00223. The number of nitrogens with one attached hydrogen (secondary N) is 1. The Bertz CT molecular complexity index is 1240. The summed E-state index contributed by atoms with van der Waals surface area (Å²) in [4.78, 5) is 18.2. The summed E-state index contributed by atoms with van der Waals surface area (Å²) in [7, 11) is -3.41. The number of aliphatic imine (C=N–C) groups is 1. The Balaban J connectivity index is 1.59. The number of anilines is 2. The summed E-state index contributed by atoms with van der Waals surface area (Å²) in [6.45, 7) is 0. The third-order valence-corrected chi connectivity index (χ3v) is 8.30. The van der Waals surface area contributed by atoms with Crippen LogP contribution in [0.3, 0.4) is 0 Å². The van der Waals surface area contributed by atoms with Crippen LogP contribution in [0.15, 0.2) is 47.5 Å². The number of amides is 1. The summed E-state index contributed by atoms with van der Waals surface area (Å²) in [5.74, 6) is -0.981. The third kappa shape index (κ3) is 5.42. The van der Waals surface area contributed by atoms with E-state index in [0.29, 0.717) is 10.7 Å². The Morgan fingerprint density at radius 3 is 2.64 bits per heavy atom. The summed E-state index contributed by atoms with van der Waals surface area (Å²) in [5, 5.41) is 3.38. The fourth-order valence-corrected chi connectivity index (χ4v) is 6.84. The standard InChI is InChI=1S/C20H16Cl2F3N3O3S2/c21-12-2-1-3-13(7-12)26-18(29)8-32-19-27-15-9-33(30,31)10-17(15)28(19)16-6-11(20(23,24)25)4-5-14(16)22/h1-7,15,17H,8-10H2,(H,26,29). The van der Waals surface area contributed by atoms with Gasteiger partial charge in [-0.1, -0.05) is 41.0 Å². The summed E-state index contributed by atoms with van der Waals surface area (Å²) in [6, 6.07) is 8.05. The Hall–Kier alpha value is -1.95. The zero-order valence-electron chi connectivity index (χ0n) is 16.6. The highest BCUT2D eigenvalue weighted by Gasteiger charge is 2.48. The van der Waals surface area contributed by atoms with Crippen LogP contribution in [-0.2, 0) is 20.8 Å². The van der Waals surface area contributed by atoms with E-state index in [-0.39, 0.29) is 39.0 Å². The average molecular weight is 538 g/mol. The Morgan fingerprint density at radius 2 is 1.94 bits per heavy atom. The molecule has 1 fully saturated rings. The minimum atomic E-state index is -4.61. The molecule has 2 atom stereocenters. The Kier molecular flexibility index (Phi) is 6.60. The molecule has 2 aliphatic rings. The van der Waals surface area contributed by atoms with Gasteiger partial charge in [0.15, 0.2) is 15.0 Å². The van der Waals surface area contributed by atoms with Crippen LogP contribution >= 0.6 is 35.0 Å². The van der Waals surface area contributed by atoms with Crippen LogP contribution in [0.4, 0.5) is 24.5 Å². The van der Waals surface area contributed by atoms with Crippen molar-refractivity contribution in [3.05, 3.63) is 58.1 Å². The molecule has 2 heterocycles. The molecule has 2 aliphatic heterocycles. The van der Waals surface area contributed by atoms with E-state index in [2.05, 4.69) is 10.3 Å². The molecule has 6 nitrogen and oxygen atoms in total. The quantitative estimate of drug-likeness (QED) is 0.610. The first kappa shape index (κ1) is 24.2. The molecule has 0 spiro atoms. The van der Waals surface area contributed by atoms with Crippen LogP contribution in [0, 0.1) is 0 Å². The normalized spacial score (nSPS) is 21.6. The molecule has 1 saturated heterocycles. The number of fused-ring (bicyclic) bond motifs is 1.